The zero-order valence-corrected chi connectivity index (χ0v) is 18.2. The van der Waals surface area contributed by atoms with E-state index in [2.05, 4.69) is 18.0 Å². The fourth-order valence-corrected chi connectivity index (χ4v) is 5.09. The summed E-state index contributed by atoms with van der Waals surface area (Å²) >= 11 is 7.82. The summed E-state index contributed by atoms with van der Waals surface area (Å²) in [6, 6.07) is 5.14. The SMILES string of the molecule is CCC(CCN)C1=CN(CC2CCC2)/C(=C/C(=O)c2cc(Cl)ccc2OC)S1. The molecule has 1 fully saturated rings. The maximum Gasteiger partial charge on any atom is 0.192 e. The predicted molar refractivity (Wildman–Crippen MR) is 118 cm³/mol. The molecule has 0 spiro atoms. The third kappa shape index (κ3) is 4.94. The van der Waals surface area contributed by atoms with Gasteiger partial charge in [0.15, 0.2) is 5.78 Å². The molecule has 1 aromatic rings. The first kappa shape index (κ1) is 21.3. The molecule has 0 saturated heterocycles. The summed E-state index contributed by atoms with van der Waals surface area (Å²) in [6.45, 7) is 3.85. The minimum absolute atomic E-state index is 0.0815. The van der Waals surface area contributed by atoms with Crippen molar-refractivity contribution in [3.63, 3.8) is 0 Å². The summed E-state index contributed by atoms with van der Waals surface area (Å²) in [7, 11) is 1.57. The number of nitrogens with two attached hydrogens (primary N) is 1. The van der Waals surface area contributed by atoms with Crippen LogP contribution in [-0.2, 0) is 0 Å². The van der Waals surface area contributed by atoms with Crippen LogP contribution in [0.1, 0.15) is 49.4 Å². The van der Waals surface area contributed by atoms with Crippen molar-refractivity contribution in [1.29, 1.82) is 0 Å². The summed E-state index contributed by atoms with van der Waals surface area (Å²) in [5.41, 5.74) is 6.31. The first-order valence-corrected chi connectivity index (χ1v) is 11.2. The lowest BCUT2D eigenvalue weighted by Gasteiger charge is -2.30. The normalized spacial score (nSPS) is 19.5. The number of benzene rings is 1. The number of allylic oxidation sites excluding steroid dienone is 2. The highest BCUT2D eigenvalue weighted by Gasteiger charge is 2.29. The minimum atomic E-state index is -0.0815. The fourth-order valence-electron chi connectivity index (χ4n) is 3.63. The van der Waals surface area contributed by atoms with Gasteiger partial charge in [-0.3, -0.25) is 4.79 Å². The number of methoxy groups -OCH3 is 1. The molecule has 3 rings (SSSR count). The number of carbonyl (C=O) groups is 1. The number of hydrogen-bond donors (Lipinski definition) is 1. The van der Waals surface area contributed by atoms with Crippen LogP contribution in [-0.4, -0.2) is 30.9 Å². The van der Waals surface area contributed by atoms with Gasteiger partial charge in [0.05, 0.1) is 17.7 Å². The molecule has 1 atom stereocenters. The Kier molecular flexibility index (Phi) is 7.49. The molecule has 1 heterocycles. The Labute approximate surface area is 177 Å². The van der Waals surface area contributed by atoms with Gasteiger partial charge in [0.1, 0.15) is 5.75 Å². The molecule has 2 N–H and O–H groups in total. The highest BCUT2D eigenvalue weighted by molar-refractivity contribution is 8.06. The first-order chi connectivity index (χ1) is 13.5. The van der Waals surface area contributed by atoms with E-state index in [0.717, 1.165) is 24.4 Å². The van der Waals surface area contributed by atoms with Crippen LogP contribution in [0.2, 0.25) is 5.02 Å². The molecule has 1 aliphatic heterocycles. The third-order valence-electron chi connectivity index (χ3n) is 5.56. The van der Waals surface area contributed by atoms with Gasteiger partial charge in [0.2, 0.25) is 0 Å². The minimum Gasteiger partial charge on any atom is -0.496 e. The Bertz CT molecular complexity index is 774. The average Bonchev–Trinajstić information content (AvgIpc) is 3.04. The molecule has 0 bridgehead atoms. The molecule has 1 aliphatic carbocycles. The number of ketones is 1. The largest absolute Gasteiger partial charge is 0.496 e. The molecule has 0 aromatic heterocycles. The molecule has 0 amide bonds. The van der Waals surface area contributed by atoms with Crippen LogP contribution in [0.3, 0.4) is 0 Å². The number of thioether (sulfide) groups is 1. The number of hydrogen-bond acceptors (Lipinski definition) is 5. The summed E-state index contributed by atoms with van der Waals surface area (Å²) in [5, 5.41) is 1.52. The molecule has 0 radical (unpaired) electrons. The quantitative estimate of drug-likeness (QED) is 0.426. The second-order valence-electron chi connectivity index (χ2n) is 7.46. The summed E-state index contributed by atoms with van der Waals surface area (Å²) in [6.07, 6.45) is 9.84. The van der Waals surface area contributed by atoms with Gasteiger partial charge in [-0.2, -0.15) is 0 Å². The molecule has 2 aliphatic rings. The Morgan fingerprint density at radius 1 is 1.46 bits per heavy atom. The zero-order valence-electron chi connectivity index (χ0n) is 16.6. The van der Waals surface area contributed by atoms with Crippen LogP contribution < -0.4 is 10.5 Å². The number of halogens is 1. The second-order valence-corrected chi connectivity index (χ2v) is 8.99. The highest BCUT2D eigenvalue weighted by atomic mass is 35.5. The molecule has 6 heteroatoms. The van der Waals surface area contributed by atoms with E-state index in [1.807, 2.05) is 0 Å². The molecule has 28 heavy (non-hydrogen) atoms. The van der Waals surface area contributed by atoms with Crippen LogP contribution in [0.4, 0.5) is 0 Å². The lowest BCUT2D eigenvalue weighted by atomic mass is 9.85. The van der Waals surface area contributed by atoms with Gasteiger partial charge in [0, 0.05) is 28.7 Å². The lowest BCUT2D eigenvalue weighted by Crippen LogP contribution is -2.26. The van der Waals surface area contributed by atoms with Gasteiger partial charge in [-0.05, 0) is 62.3 Å². The van der Waals surface area contributed by atoms with E-state index < -0.39 is 0 Å². The number of carbonyl (C=O) groups excluding carboxylic acids is 1. The van der Waals surface area contributed by atoms with Crippen molar-refractivity contribution in [3.05, 3.63) is 51.0 Å². The second kappa shape index (κ2) is 9.86. The van der Waals surface area contributed by atoms with E-state index in [4.69, 9.17) is 22.1 Å². The predicted octanol–water partition coefficient (Wildman–Crippen LogP) is 5.44. The summed E-state index contributed by atoms with van der Waals surface area (Å²) in [5.74, 6) is 1.62. The lowest BCUT2D eigenvalue weighted by molar-refractivity contribution is 0.104. The third-order valence-corrected chi connectivity index (χ3v) is 7.03. The fraction of sp³-hybridized carbons (Fsp3) is 0.500. The molecule has 1 saturated carbocycles. The van der Waals surface area contributed by atoms with Crippen LogP contribution in [0.15, 0.2) is 40.4 Å². The topological polar surface area (TPSA) is 55.6 Å². The van der Waals surface area contributed by atoms with Gasteiger partial charge in [-0.1, -0.05) is 36.7 Å². The summed E-state index contributed by atoms with van der Waals surface area (Å²) in [4.78, 5) is 16.6. The van der Waals surface area contributed by atoms with E-state index in [1.54, 1.807) is 43.1 Å². The van der Waals surface area contributed by atoms with Crippen molar-refractivity contribution in [2.24, 2.45) is 17.6 Å². The van der Waals surface area contributed by atoms with Gasteiger partial charge in [0.25, 0.3) is 0 Å². The number of nitrogens with zero attached hydrogens (tertiary/aromatic N) is 1. The van der Waals surface area contributed by atoms with Gasteiger partial charge in [-0.25, -0.2) is 0 Å². The van der Waals surface area contributed by atoms with E-state index in [1.165, 1.54) is 24.2 Å². The Balaban J connectivity index is 1.85. The maximum absolute atomic E-state index is 13.0. The van der Waals surface area contributed by atoms with Crippen LogP contribution >= 0.6 is 23.4 Å². The van der Waals surface area contributed by atoms with Gasteiger partial charge < -0.3 is 15.4 Å². The number of ether oxygens (including phenoxy) is 1. The van der Waals surface area contributed by atoms with Crippen molar-refractivity contribution >= 4 is 29.1 Å². The van der Waals surface area contributed by atoms with E-state index in [9.17, 15) is 4.79 Å². The molecule has 1 aromatic carbocycles. The standard InChI is InChI=1S/C22H29ClN2O2S/c1-3-16(9-10-24)21-14-25(13-15-5-4-6-15)22(28-21)12-19(26)18-11-17(23)7-8-20(18)27-2/h7-8,11-12,14-16H,3-6,9-10,13,24H2,1-2H3/b22-12-. The Hall–Kier alpha value is -1.43. The first-order valence-electron chi connectivity index (χ1n) is 10.0. The average molecular weight is 421 g/mol. The van der Waals surface area contributed by atoms with E-state index >= 15 is 0 Å². The smallest absolute Gasteiger partial charge is 0.192 e. The summed E-state index contributed by atoms with van der Waals surface area (Å²) < 4.78 is 5.36. The Morgan fingerprint density at radius 2 is 2.25 bits per heavy atom. The van der Waals surface area contributed by atoms with Crippen molar-refractivity contribution < 1.29 is 9.53 Å². The molecule has 1 unspecified atom stereocenters. The van der Waals surface area contributed by atoms with Crippen molar-refractivity contribution in [2.75, 3.05) is 20.2 Å². The molecule has 152 valence electrons. The number of rotatable bonds is 9. The highest BCUT2D eigenvalue weighted by Crippen LogP contribution is 2.44. The van der Waals surface area contributed by atoms with Gasteiger partial charge >= 0.3 is 0 Å². The van der Waals surface area contributed by atoms with Crippen LogP contribution in [0.5, 0.6) is 5.75 Å². The van der Waals surface area contributed by atoms with Crippen molar-refractivity contribution in [3.8, 4) is 5.75 Å². The maximum atomic E-state index is 13.0. The van der Waals surface area contributed by atoms with Crippen LogP contribution in [0.25, 0.3) is 0 Å². The molecule has 4 nitrogen and oxygen atoms in total. The Morgan fingerprint density at radius 3 is 2.86 bits per heavy atom. The van der Waals surface area contributed by atoms with E-state index in [0.29, 0.717) is 34.7 Å². The zero-order chi connectivity index (χ0) is 20.1. The van der Waals surface area contributed by atoms with Gasteiger partial charge in [-0.15, -0.1) is 0 Å². The van der Waals surface area contributed by atoms with Crippen molar-refractivity contribution in [1.82, 2.24) is 4.90 Å². The van der Waals surface area contributed by atoms with Crippen molar-refractivity contribution in [2.45, 2.75) is 39.0 Å². The molecular weight excluding hydrogens is 392 g/mol. The monoisotopic (exact) mass is 420 g/mol. The van der Waals surface area contributed by atoms with E-state index in [-0.39, 0.29) is 5.78 Å². The molecular formula is C22H29ClN2O2S. The van der Waals surface area contributed by atoms with Crippen LogP contribution in [0, 0.1) is 11.8 Å².